The van der Waals surface area contributed by atoms with Crippen molar-refractivity contribution in [2.75, 3.05) is 18.0 Å². The van der Waals surface area contributed by atoms with Crippen molar-refractivity contribution in [2.24, 2.45) is 5.92 Å². The molecule has 0 amide bonds. The highest BCUT2D eigenvalue weighted by molar-refractivity contribution is 5.71. The molecule has 1 N–H and O–H groups in total. The lowest BCUT2D eigenvalue weighted by Gasteiger charge is -2.22. The summed E-state index contributed by atoms with van der Waals surface area (Å²) in [5, 5.41) is 9.05. The zero-order chi connectivity index (χ0) is 13.1. The molecule has 0 spiro atoms. The lowest BCUT2D eigenvalue weighted by atomic mass is 9.97. The summed E-state index contributed by atoms with van der Waals surface area (Å²) in [7, 11) is 0. The van der Waals surface area contributed by atoms with Crippen LogP contribution in [0.25, 0.3) is 0 Å². The second kappa shape index (κ2) is 5.42. The quantitative estimate of drug-likeness (QED) is 0.869. The first-order valence-corrected chi connectivity index (χ1v) is 6.72. The van der Waals surface area contributed by atoms with E-state index in [2.05, 4.69) is 30.0 Å². The van der Waals surface area contributed by atoms with Crippen LogP contribution in [0.4, 0.5) is 5.69 Å². The minimum Gasteiger partial charge on any atom is -0.481 e. The molecule has 0 saturated carbocycles. The van der Waals surface area contributed by atoms with Crippen molar-refractivity contribution < 1.29 is 9.90 Å². The van der Waals surface area contributed by atoms with Gasteiger partial charge < -0.3 is 10.0 Å². The molecule has 0 fully saturated rings. The van der Waals surface area contributed by atoms with Crippen LogP contribution in [0.5, 0.6) is 0 Å². The fourth-order valence-corrected chi connectivity index (χ4v) is 2.70. The fourth-order valence-electron chi connectivity index (χ4n) is 2.70. The number of rotatable bonds is 5. The van der Waals surface area contributed by atoms with Crippen LogP contribution < -0.4 is 4.90 Å². The van der Waals surface area contributed by atoms with Gasteiger partial charge in [-0.25, -0.2) is 0 Å². The number of para-hydroxylation sites is 1. The highest BCUT2D eigenvalue weighted by Gasteiger charge is 2.23. The van der Waals surface area contributed by atoms with Gasteiger partial charge in [0.2, 0.25) is 0 Å². The summed E-state index contributed by atoms with van der Waals surface area (Å²) in [6.45, 7) is 6.09. The summed E-state index contributed by atoms with van der Waals surface area (Å²) in [6, 6.07) is 6.30. The number of carboxylic acid groups (broad SMARTS) is 1. The van der Waals surface area contributed by atoms with E-state index in [0.717, 1.165) is 25.9 Å². The van der Waals surface area contributed by atoms with Crippen molar-refractivity contribution in [3.05, 3.63) is 29.3 Å². The maximum absolute atomic E-state index is 11.0. The zero-order valence-corrected chi connectivity index (χ0v) is 11.1. The number of hydrogen-bond donors (Lipinski definition) is 1. The Morgan fingerprint density at radius 3 is 2.94 bits per heavy atom. The lowest BCUT2D eigenvalue weighted by Crippen LogP contribution is -2.23. The average molecular weight is 247 g/mol. The van der Waals surface area contributed by atoms with E-state index in [1.54, 1.807) is 6.92 Å². The first-order chi connectivity index (χ1) is 8.63. The summed E-state index contributed by atoms with van der Waals surface area (Å²) < 4.78 is 0. The standard InChI is InChI=1S/C15H21NO2/c1-3-8-16-9-7-12-5-4-6-13(14(12)16)10-11(2)15(17)18/h4-6,11H,3,7-10H2,1-2H3,(H,17,18). The van der Waals surface area contributed by atoms with E-state index in [9.17, 15) is 4.79 Å². The predicted octanol–water partition coefficient (Wildman–Crippen LogP) is 2.72. The Morgan fingerprint density at radius 1 is 1.50 bits per heavy atom. The molecule has 1 aromatic rings. The van der Waals surface area contributed by atoms with Crippen molar-refractivity contribution in [3.8, 4) is 0 Å². The first-order valence-electron chi connectivity index (χ1n) is 6.72. The minimum absolute atomic E-state index is 0.319. The molecule has 1 aliphatic rings. The van der Waals surface area contributed by atoms with Crippen LogP contribution in [0.15, 0.2) is 18.2 Å². The zero-order valence-electron chi connectivity index (χ0n) is 11.1. The molecule has 1 aromatic carbocycles. The monoisotopic (exact) mass is 247 g/mol. The molecule has 0 saturated heterocycles. The van der Waals surface area contributed by atoms with Crippen molar-refractivity contribution >= 4 is 11.7 Å². The number of nitrogens with zero attached hydrogens (tertiary/aromatic N) is 1. The Balaban J connectivity index is 2.26. The maximum Gasteiger partial charge on any atom is 0.306 e. The summed E-state index contributed by atoms with van der Waals surface area (Å²) in [5.74, 6) is -1.03. The number of anilines is 1. The summed E-state index contributed by atoms with van der Waals surface area (Å²) >= 11 is 0. The van der Waals surface area contributed by atoms with Gasteiger partial charge in [-0.2, -0.15) is 0 Å². The van der Waals surface area contributed by atoms with Gasteiger partial charge in [-0.3, -0.25) is 4.79 Å². The minimum atomic E-state index is -0.715. The Bertz CT molecular complexity index is 440. The van der Waals surface area contributed by atoms with Gasteiger partial charge in [0.15, 0.2) is 0 Å². The second-order valence-electron chi connectivity index (χ2n) is 5.11. The van der Waals surface area contributed by atoms with Crippen molar-refractivity contribution in [3.63, 3.8) is 0 Å². The summed E-state index contributed by atoms with van der Waals surface area (Å²) in [4.78, 5) is 13.4. The molecule has 3 nitrogen and oxygen atoms in total. The largest absolute Gasteiger partial charge is 0.481 e. The molecular weight excluding hydrogens is 226 g/mol. The van der Waals surface area contributed by atoms with Crippen LogP contribution in [0.2, 0.25) is 0 Å². The maximum atomic E-state index is 11.0. The molecule has 2 rings (SSSR count). The van der Waals surface area contributed by atoms with E-state index in [-0.39, 0.29) is 5.92 Å². The van der Waals surface area contributed by atoms with E-state index >= 15 is 0 Å². The van der Waals surface area contributed by atoms with Gasteiger partial charge in [0, 0.05) is 18.8 Å². The molecule has 1 atom stereocenters. The average Bonchev–Trinajstić information content (AvgIpc) is 2.74. The fraction of sp³-hybridized carbons (Fsp3) is 0.533. The van der Waals surface area contributed by atoms with Crippen LogP contribution in [0.1, 0.15) is 31.4 Å². The third kappa shape index (κ3) is 2.50. The van der Waals surface area contributed by atoms with Crippen molar-refractivity contribution in [1.29, 1.82) is 0 Å². The molecule has 0 aromatic heterocycles. The van der Waals surface area contributed by atoms with E-state index in [4.69, 9.17) is 5.11 Å². The SMILES string of the molecule is CCCN1CCc2cccc(CC(C)C(=O)O)c21. The lowest BCUT2D eigenvalue weighted by molar-refractivity contribution is -0.141. The van der Waals surface area contributed by atoms with Gasteiger partial charge in [0.1, 0.15) is 0 Å². The van der Waals surface area contributed by atoms with E-state index < -0.39 is 5.97 Å². The van der Waals surface area contributed by atoms with Crippen LogP contribution in [-0.2, 0) is 17.6 Å². The molecule has 0 bridgehead atoms. The number of aliphatic carboxylic acids is 1. The number of hydrogen-bond acceptors (Lipinski definition) is 2. The van der Waals surface area contributed by atoms with Crippen LogP contribution in [0.3, 0.4) is 0 Å². The highest BCUT2D eigenvalue weighted by Crippen LogP contribution is 2.33. The molecule has 0 aliphatic carbocycles. The molecule has 98 valence electrons. The Hall–Kier alpha value is -1.51. The third-order valence-corrected chi connectivity index (χ3v) is 3.61. The van der Waals surface area contributed by atoms with Gasteiger partial charge >= 0.3 is 5.97 Å². The number of carboxylic acids is 1. The first kappa shape index (κ1) is 12.9. The molecule has 1 heterocycles. The van der Waals surface area contributed by atoms with Crippen LogP contribution in [0, 0.1) is 5.92 Å². The smallest absolute Gasteiger partial charge is 0.306 e. The predicted molar refractivity (Wildman–Crippen MR) is 73.2 cm³/mol. The van der Waals surface area contributed by atoms with E-state index in [0.29, 0.717) is 6.42 Å². The van der Waals surface area contributed by atoms with Crippen LogP contribution >= 0.6 is 0 Å². The molecule has 0 radical (unpaired) electrons. The Labute approximate surface area is 108 Å². The number of fused-ring (bicyclic) bond motifs is 1. The summed E-state index contributed by atoms with van der Waals surface area (Å²) in [6.07, 6.45) is 2.84. The second-order valence-corrected chi connectivity index (χ2v) is 5.11. The molecule has 3 heteroatoms. The van der Waals surface area contributed by atoms with Gasteiger partial charge in [0.05, 0.1) is 5.92 Å². The van der Waals surface area contributed by atoms with Crippen molar-refractivity contribution in [2.45, 2.75) is 33.1 Å². The Kier molecular flexibility index (Phi) is 3.90. The Morgan fingerprint density at radius 2 is 2.28 bits per heavy atom. The number of carbonyl (C=O) groups is 1. The number of benzene rings is 1. The van der Waals surface area contributed by atoms with E-state index in [1.807, 2.05) is 0 Å². The van der Waals surface area contributed by atoms with Gasteiger partial charge in [0.25, 0.3) is 0 Å². The normalized spacial score (nSPS) is 15.6. The van der Waals surface area contributed by atoms with Gasteiger partial charge in [-0.1, -0.05) is 32.0 Å². The van der Waals surface area contributed by atoms with Crippen LogP contribution in [-0.4, -0.2) is 24.2 Å². The van der Waals surface area contributed by atoms with Gasteiger partial charge in [-0.15, -0.1) is 0 Å². The molecule has 1 aliphatic heterocycles. The van der Waals surface area contributed by atoms with E-state index in [1.165, 1.54) is 16.8 Å². The summed E-state index contributed by atoms with van der Waals surface area (Å²) in [5.41, 5.74) is 3.86. The third-order valence-electron chi connectivity index (χ3n) is 3.61. The topological polar surface area (TPSA) is 40.5 Å². The molecular formula is C15H21NO2. The molecule has 1 unspecified atom stereocenters. The highest BCUT2D eigenvalue weighted by atomic mass is 16.4. The van der Waals surface area contributed by atoms with Gasteiger partial charge in [-0.05, 0) is 30.4 Å². The molecule has 18 heavy (non-hydrogen) atoms. The van der Waals surface area contributed by atoms with Crippen molar-refractivity contribution in [1.82, 2.24) is 0 Å².